The summed E-state index contributed by atoms with van der Waals surface area (Å²) in [7, 11) is 0. The minimum absolute atomic E-state index is 0.189. The molecule has 0 amide bonds. The van der Waals surface area contributed by atoms with Crippen molar-refractivity contribution in [2.24, 2.45) is 5.92 Å². The Bertz CT molecular complexity index is 458. The Kier molecular flexibility index (Phi) is 5.50. The molecule has 1 aromatic heterocycles. The molecular formula is C18H32N2S. The second-order valence-electron chi connectivity index (χ2n) is 7.86. The smallest absolute Gasteiger partial charge is 0.0304 e. The summed E-state index contributed by atoms with van der Waals surface area (Å²) in [5, 5.41) is 3.59. The van der Waals surface area contributed by atoms with Gasteiger partial charge in [0.05, 0.1) is 0 Å². The Morgan fingerprint density at radius 1 is 1.29 bits per heavy atom. The van der Waals surface area contributed by atoms with E-state index in [-0.39, 0.29) is 5.54 Å². The first-order chi connectivity index (χ1) is 9.74. The van der Waals surface area contributed by atoms with Gasteiger partial charge in [-0.15, -0.1) is 11.3 Å². The van der Waals surface area contributed by atoms with E-state index < -0.39 is 0 Å². The lowest BCUT2D eigenvalue weighted by atomic mass is 9.94. The maximum atomic E-state index is 3.59. The van der Waals surface area contributed by atoms with E-state index in [0.29, 0.717) is 0 Å². The molecule has 0 bridgehead atoms. The van der Waals surface area contributed by atoms with Crippen molar-refractivity contribution in [2.45, 2.75) is 79.1 Å². The number of likely N-dealkylation sites (tertiary alicyclic amines) is 1. The Morgan fingerprint density at radius 2 is 2.00 bits per heavy atom. The molecule has 3 heteroatoms. The number of rotatable bonds is 4. The van der Waals surface area contributed by atoms with Crippen molar-refractivity contribution in [1.82, 2.24) is 10.2 Å². The fourth-order valence-corrected chi connectivity index (χ4v) is 4.00. The van der Waals surface area contributed by atoms with Gasteiger partial charge in [-0.1, -0.05) is 6.92 Å². The highest BCUT2D eigenvalue weighted by Gasteiger charge is 2.23. The van der Waals surface area contributed by atoms with Crippen LogP contribution >= 0.6 is 11.3 Å². The Morgan fingerprint density at radius 3 is 2.67 bits per heavy atom. The van der Waals surface area contributed by atoms with Crippen molar-refractivity contribution in [2.75, 3.05) is 6.54 Å². The largest absolute Gasteiger partial charge is 0.307 e. The fraction of sp³-hybridized carbons (Fsp3) is 0.778. The van der Waals surface area contributed by atoms with Crippen LogP contribution in [0, 0.1) is 12.8 Å². The van der Waals surface area contributed by atoms with Gasteiger partial charge in [-0.25, -0.2) is 0 Å². The highest BCUT2D eigenvalue weighted by molar-refractivity contribution is 7.12. The molecule has 21 heavy (non-hydrogen) atoms. The van der Waals surface area contributed by atoms with E-state index >= 15 is 0 Å². The maximum absolute atomic E-state index is 3.59. The molecule has 0 spiro atoms. The number of nitrogens with zero attached hydrogens (tertiary/aromatic N) is 1. The number of aryl methyl sites for hydroxylation is 1. The van der Waals surface area contributed by atoms with Gasteiger partial charge in [0.2, 0.25) is 0 Å². The molecule has 0 radical (unpaired) electrons. The zero-order chi connectivity index (χ0) is 15.6. The van der Waals surface area contributed by atoms with Crippen molar-refractivity contribution < 1.29 is 0 Å². The van der Waals surface area contributed by atoms with Crippen LogP contribution < -0.4 is 5.32 Å². The molecule has 2 atom stereocenters. The lowest BCUT2D eigenvalue weighted by Crippen LogP contribution is -2.40. The Labute approximate surface area is 134 Å². The van der Waals surface area contributed by atoms with Crippen LogP contribution in [0.1, 0.15) is 62.8 Å². The third-order valence-electron chi connectivity index (χ3n) is 4.48. The van der Waals surface area contributed by atoms with E-state index in [9.17, 15) is 0 Å². The van der Waals surface area contributed by atoms with Crippen LogP contribution in [0.5, 0.6) is 0 Å². The van der Waals surface area contributed by atoms with Gasteiger partial charge in [0.15, 0.2) is 0 Å². The summed E-state index contributed by atoms with van der Waals surface area (Å²) in [4.78, 5) is 5.63. The maximum Gasteiger partial charge on any atom is 0.0304 e. The summed E-state index contributed by atoms with van der Waals surface area (Å²) in [6.07, 6.45) is 2.74. The van der Waals surface area contributed by atoms with Crippen molar-refractivity contribution in [3.05, 3.63) is 21.4 Å². The summed E-state index contributed by atoms with van der Waals surface area (Å²) in [5.41, 5.74) is 1.72. The topological polar surface area (TPSA) is 15.3 Å². The molecular weight excluding hydrogens is 276 g/mol. The van der Waals surface area contributed by atoms with Crippen LogP contribution in [0.15, 0.2) is 6.07 Å². The summed E-state index contributed by atoms with van der Waals surface area (Å²) in [5.74, 6) is 0.849. The van der Waals surface area contributed by atoms with Crippen molar-refractivity contribution in [1.29, 1.82) is 0 Å². The third-order valence-corrected chi connectivity index (χ3v) is 5.58. The van der Waals surface area contributed by atoms with E-state index in [0.717, 1.165) is 25.0 Å². The monoisotopic (exact) mass is 308 g/mol. The van der Waals surface area contributed by atoms with Crippen LogP contribution in [0.25, 0.3) is 0 Å². The van der Waals surface area contributed by atoms with E-state index in [1.54, 1.807) is 0 Å². The molecule has 0 aliphatic carbocycles. The highest BCUT2D eigenvalue weighted by atomic mass is 32.1. The summed E-state index contributed by atoms with van der Waals surface area (Å²) in [6.45, 7) is 17.1. The number of hydrogen-bond acceptors (Lipinski definition) is 3. The van der Waals surface area contributed by atoms with Crippen LogP contribution in [0.3, 0.4) is 0 Å². The second kappa shape index (κ2) is 6.80. The molecule has 1 aliphatic heterocycles. The van der Waals surface area contributed by atoms with Crippen LogP contribution in [0.2, 0.25) is 0 Å². The van der Waals surface area contributed by atoms with Crippen molar-refractivity contribution in [3.63, 3.8) is 0 Å². The minimum Gasteiger partial charge on any atom is -0.307 e. The quantitative estimate of drug-likeness (QED) is 0.877. The molecule has 1 aliphatic rings. The van der Waals surface area contributed by atoms with Gasteiger partial charge in [0.1, 0.15) is 0 Å². The third kappa shape index (κ3) is 5.08. The van der Waals surface area contributed by atoms with Crippen LogP contribution in [-0.2, 0) is 13.1 Å². The first-order valence-electron chi connectivity index (χ1n) is 8.32. The number of piperidine rings is 1. The molecule has 1 aromatic rings. The molecule has 0 aromatic carbocycles. The van der Waals surface area contributed by atoms with E-state index in [1.807, 2.05) is 11.3 Å². The van der Waals surface area contributed by atoms with Crippen molar-refractivity contribution in [3.8, 4) is 0 Å². The summed E-state index contributed by atoms with van der Waals surface area (Å²) >= 11 is 1.96. The zero-order valence-electron chi connectivity index (χ0n) is 14.6. The van der Waals surface area contributed by atoms with Crippen LogP contribution in [-0.4, -0.2) is 23.0 Å². The number of thiophene rings is 1. The Balaban J connectivity index is 1.98. The number of nitrogens with one attached hydrogen (secondary N) is 1. The predicted molar refractivity (Wildman–Crippen MR) is 93.9 cm³/mol. The normalized spacial score (nSPS) is 24.5. The molecule has 1 saturated heterocycles. The minimum atomic E-state index is 0.189. The molecule has 1 N–H and O–H groups in total. The van der Waals surface area contributed by atoms with Gasteiger partial charge in [-0.05, 0) is 65.0 Å². The lowest BCUT2D eigenvalue weighted by molar-refractivity contribution is 0.117. The van der Waals surface area contributed by atoms with E-state index in [1.165, 1.54) is 34.7 Å². The predicted octanol–water partition coefficient (Wildman–Crippen LogP) is 4.57. The molecule has 2 unspecified atom stereocenters. The molecule has 2 rings (SSSR count). The van der Waals surface area contributed by atoms with Gasteiger partial charge in [-0.2, -0.15) is 0 Å². The van der Waals surface area contributed by atoms with E-state index in [4.69, 9.17) is 0 Å². The second-order valence-corrected chi connectivity index (χ2v) is 9.20. The van der Waals surface area contributed by atoms with Gasteiger partial charge in [0.25, 0.3) is 0 Å². The zero-order valence-corrected chi connectivity index (χ0v) is 15.4. The summed E-state index contributed by atoms with van der Waals surface area (Å²) in [6, 6.07) is 3.15. The van der Waals surface area contributed by atoms with Crippen molar-refractivity contribution >= 4 is 11.3 Å². The van der Waals surface area contributed by atoms with Gasteiger partial charge < -0.3 is 5.32 Å². The average molecular weight is 309 g/mol. The van der Waals surface area contributed by atoms with Gasteiger partial charge in [0, 0.05) is 41.0 Å². The fourth-order valence-electron chi connectivity index (χ4n) is 3.00. The molecule has 1 fully saturated rings. The molecule has 0 saturated carbocycles. The average Bonchev–Trinajstić information content (AvgIpc) is 2.72. The standard InChI is InChI=1S/C18H32N2S/c1-13-7-8-14(2)20(11-13)12-16-9-17(21-15(16)3)10-19-18(4,5)6/h9,13-14,19H,7-8,10-12H2,1-6H3. The molecule has 2 heterocycles. The lowest BCUT2D eigenvalue weighted by Gasteiger charge is -2.36. The van der Waals surface area contributed by atoms with Gasteiger partial charge >= 0.3 is 0 Å². The van der Waals surface area contributed by atoms with Crippen LogP contribution in [0.4, 0.5) is 0 Å². The first kappa shape index (κ1) is 17.0. The Hall–Kier alpha value is -0.380. The van der Waals surface area contributed by atoms with Gasteiger partial charge in [-0.3, -0.25) is 4.90 Å². The SMILES string of the molecule is Cc1sc(CNC(C)(C)C)cc1CN1CC(C)CCC1C. The number of hydrogen-bond donors (Lipinski definition) is 1. The molecule has 2 nitrogen and oxygen atoms in total. The summed E-state index contributed by atoms with van der Waals surface area (Å²) < 4.78 is 0. The highest BCUT2D eigenvalue weighted by Crippen LogP contribution is 2.27. The first-order valence-corrected chi connectivity index (χ1v) is 9.13. The molecule has 120 valence electrons. The van der Waals surface area contributed by atoms with E-state index in [2.05, 4.69) is 57.8 Å².